The van der Waals surface area contributed by atoms with E-state index in [9.17, 15) is 9.59 Å². The van der Waals surface area contributed by atoms with Crippen molar-refractivity contribution >= 4 is 12.2 Å². The SMILES string of the molecule is CC(C)(C)OC(=O)N1CCC2(CN(C(=O)OCc3ccccc3)CC2CN)C1. The van der Waals surface area contributed by atoms with E-state index in [2.05, 4.69) is 0 Å². The number of likely N-dealkylation sites (tertiary alicyclic amines) is 2. The molecule has 0 bridgehead atoms. The first-order valence-electron chi connectivity index (χ1n) is 9.86. The van der Waals surface area contributed by atoms with Crippen molar-refractivity contribution in [1.82, 2.24) is 9.80 Å². The van der Waals surface area contributed by atoms with Crippen molar-refractivity contribution in [2.45, 2.75) is 39.4 Å². The quantitative estimate of drug-likeness (QED) is 0.859. The van der Waals surface area contributed by atoms with E-state index in [0.717, 1.165) is 12.0 Å². The summed E-state index contributed by atoms with van der Waals surface area (Å²) in [6.45, 7) is 8.61. The first-order chi connectivity index (χ1) is 13.2. The lowest BCUT2D eigenvalue weighted by Crippen LogP contribution is -2.41. The average Bonchev–Trinajstić information content (AvgIpc) is 3.24. The van der Waals surface area contributed by atoms with Crippen LogP contribution < -0.4 is 5.73 Å². The number of nitrogens with zero attached hydrogens (tertiary/aromatic N) is 2. The molecule has 154 valence electrons. The van der Waals surface area contributed by atoms with Crippen LogP contribution in [0.4, 0.5) is 9.59 Å². The van der Waals surface area contributed by atoms with Crippen LogP contribution in [0.15, 0.2) is 30.3 Å². The predicted octanol–water partition coefficient (Wildman–Crippen LogP) is 2.84. The van der Waals surface area contributed by atoms with Gasteiger partial charge in [0.25, 0.3) is 0 Å². The Kier molecular flexibility index (Phi) is 5.84. The molecule has 7 heteroatoms. The Morgan fingerprint density at radius 3 is 2.46 bits per heavy atom. The highest BCUT2D eigenvalue weighted by molar-refractivity contribution is 5.70. The van der Waals surface area contributed by atoms with Crippen molar-refractivity contribution in [1.29, 1.82) is 0 Å². The zero-order valence-corrected chi connectivity index (χ0v) is 17.0. The largest absolute Gasteiger partial charge is 0.445 e. The molecule has 0 aliphatic carbocycles. The molecule has 0 aromatic heterocycles. The number of carbonyl (C=O) groups excluding carboxylic acids is 2. The van der Waals surface area contributed by atoms with Gasteiger partial charge in [0, 0.05) is 31.6 Å². The van der Waals surface area contributed by atoms with E-state index >= 15 is 0 Å². The van der Waals surface area contributed by atoms with Crippen molar-refractivity contribution in [3.8, 4) is 0 Å². The van der Waals surface area contributed by atoms with Crippen LogP contribution in [0, 0.1) is 11.3 Å². The van der Waals surface area contributed by atoms with Gasteiger partial charge >= 0.3 is 12.2 Å². The minimum absolute atomic E-state index is 0.143. The molecule has 1 aromatic rings. The maximum atomic E-state index is 12.6. The van der Waals surface area contributed by atoms with E-state index in [1.165, 1.54) is 0 Å². The predicted molar refractivity (Wildman–Crippen MR) is 106 cm³/mol. The summed E-state index contributed by atoms with van der Waals surface area (Å²) in [4.78, 5) is 28.5. The summed E-state index contributed by atoms with van der Waals surface area (Å²) in [6, 6.07) is 9.62. The van der Waals surface area contributed by atoms with E-state index in [1.807, 2.05) is 51.1 Å². The summed E-state index contributed by atoms with van der Waals surface area (Å²) < 4.78 is 11.0. The highest BCUT2D eigenvalue weighted by Gasteiger charge is 2.52. The number of amides is 2. The van der Waals surface area contributed by atoms with Gasteiger partial charge in [-0.25, -0.2) is 9.59 Å². The molecule has 3 rings (SSSR count). The Hall–Kier alpha value is -2.28. The fourth-order valence-electron chi connectivity index (χ4n) is 4.15. The van der Waals surface area contributed by atoms with Gasteiger partial charge in [-0.15, -0.1) is 0 Å². The molecule has 7 nitrogen and oxygen atoms in total. The average molecular weight is 389 g/mol. The lowest BCUT2D eigenvalue weighted by Gasteiger charge is -2.30. The van der Waals surface area contributed by atoms with Crippen molar-refractivity contribution in [2.75, 3.05) is 32.7 Å². The molecule has 2 atom stereocenters. The molecule has 0 radical (unpaired) electrons. The van der Waals surface area contributed by atoms with Crippen LogP contribution in [-0.4, -0.2) is 60.3 Å². The third-order valence-corrected chi connectivity index (χ3v) is 5.60. The Labute approximate surface area is 166 Å². The molecule has 2 aliphatic heterocycles. The van der Waals surface area contributed by atoms with E-state index in [4.69, 9.17) is 15.2 Å². The Balaban J connectivity index is 1.60. The summed E-state index contributed by atoms with van der Waals surface area (Å²) >= 11 is 0. The number of hydrogen-bond acceptors (Lipinski definition) is 5. The molecule has 1 aromatic carbocycles. The summed E-state index contributed by atoms with van der Waals surface area (Å²) in [7, 11) is 0. The molecule has 2 N–H and O–H groups in total. The maximum absolute atomic E-state index is 12.6. The number of nitrogens with two attached hydrogens (primary N) is 1. The summed E-state index contributed by atoms with van der Waals surface area (Å²) in [6.07, 6.45) is 0.191. The lowest BCUT2D eigenvalue weighted by atomic mass is 9.77. The summed E-state index contributed by atoms with van der Waals surface area (Å²) in [5.41, 5.74) is 6.27. The second-order valence-corrected chi connectivity index (χ2v) is 8.87. The molecule has 1 spiro atoms. The Morgan fingerprint density at radius 2 is 1.82 bits per heavy atom. The van der Waals surface area contributed by atoms with Crippen LogP contribution in [0.3, 0.4) is 0 Å². The molecule has 0 saturated carbocycles. The van der Waals surface area contributed by atoms with Crippen LogP contribution >= 0.6 is 0 Å². The molecule has 2 fully saturated rings. The zero-order chi connectivity index (χ0) is 20.4. The summed E-state index contributed by atoms with van der Waals surface area (Å²) in [5, 5.41) is 0. The molecule has 2 amide bonds. The van der Waals surface area contributed by atoms with Crippen LogP contribution in [0.2, 0.25) is 0 Å². The van der Waals surface area contributed by atoms with Gasteiger partial charge in [0.15, 0.2) is 0 Å². The second-order valence-electron chi connectivity index (χ2n) is 8.87. The zero-order valence-electron chi connectivity index (χ0n) is 17.0. The van der Waals surface area contributed by atoms with Crippen LogP contribution in [0.25, 0.3) is 0 Å². The fourth-order valence-corrected chi connectivity index (χ4v) is 4.15. The first kappa shape index (κ1) is 20.5. The third kappa shape index (κ3) is 4.58. The number of hydrogen-bond donors (Lipinski definition) is 1. The first-order valence-corrected chi connectivity index (χ1v) is 9.86. The topological polar surface area (TPSA) is 85.1 Å². The smallest absolute Gasteiger partial charge is 0.410 e. The van der Waals surface area contributed by atoms with Gasteiger partial charge in [-0.1, -0.05) is 30.3 Å². The molecular formula is C21H31N3O4. The van der Waals surface area contributed by atoms with Crippen molar-refractivity contribution in [3.63, 3.8) is 0 Å². The molecule has 2 unspecified atom stereocenters. The number of rotatable bonds is 3. The van der Waals surface area contributed by atoms with E-state index in [-0.39, 0.29) is 30.1 Å². The van der Waals surface area contributed by atoms with Gasteiger partial charge in [0.05, 0.1) is 0 Å². The van der Waals surface area contributed by atoms with Gasteiger partial charge in [-0.05, 0) is 45.2 Å². The number of carbonyl (C=O) groups is 2. The van der Waals surface area contributed by atoms with Crippen molar-refractivity contribution in [3.05, 3.63) is 35.9 Å². The van der Waals surface area contributed by atoms with Crippen molar-refractivity contribution in [2.24, 2.45) is 17.1 Å². The molecule has 2 saturated heterocycles. The lowest BCUT2D eigenvalue weighted by molar-refractivity contribution is 0.0266. The van der Waals surface area contributed by atoms with Gasteiger partial charge in [0.1, 0.15) is 12.2 Å². The van der Waals surface area contributed by atoms with Crippen molar-refractivity contribution < 1.29 is 19.1 Å². The van der Waals surface area contributed by atoms with Crippen LogP contribution in [0.5, 0.6) is 0 Å². The van der Waals surface area contributed by atoms with Crippen LogP contribution in [0.1, 0.15) is 32.8 Å². The third-order valence-electron chi connectivity index (χ3n) is 5.60. The minimum Gasteiger partial charge on any atom is -0.445 e. The highest BCUT2D eigenvalue weighted by Crippen LogP contribution is 2.44. The monoisotopic (exact) mass is 389 g/mol. The van der Waals surface area contributed by atoms with Gasteiger partial charge in [0.2, 0.25) is 0 Å². The molecule has 28 heavy (non-hydrogen) atoms. The van der Waals surface area contributed by atoms with Crippen LogP contribution in [-0.2, 0) is 16.1 Å². The highest BCUT2D eigenvalue weighted by atomic mass is 16.6. The normalized spacial score (nSPS) is 24.6. The Bertz CT molecular complexity index is 703. The summed E-state index contributed by atoms with van der Waals surface area (Å²) in [5.74, 6) is 0.143. The van der Waals surface area contributed by atoms with Gasteiger partial charge in [-0.2, -0.15) is 0 Å². The number of ether oxygens (including phenoxy) is 2. The second kappa shape index (κ2) is 7.99. The standard InChI is InChI=1S/C21H31N3O4/c1-20(2,3)28-19(26)23-10-9-21(14-23)15-24(12-17(21)11-22)18(25)27-13-16-7-5-4-6-8-16/h4-8,17H,9-15,22H2,1-3H3. The number of benzene rings is 1. The fraction of sp³-hybridized carbons (Fsp3) is 0.619. The molecular weight excluding hydrogens is 358 g/mol. The van der Waals surface area contributed by atoms with E-state index < -0.39 is 5.60 Å². The minimum atomic E-state index is -0.525. The van der Waals surface area contributed by atoms with Gasteiger partial charge < -0.3 is 25.0 Å². The maximum Gasteiger partial charge on any atom is 0.410 e. The molecule has 2 aliphatic rings. The van der Waals surface area contributed by atoms with E-state index in [0.29, 0.717) is 32.7 Å². The van der Waals surface area contributed by atoms with Gasteiger partial charge in [-0.3, -0.25) is 0 Å². The Morgan fingerprint density at radius 1 is 1.14 bits per heavy atom. The molecule has 2 heterocycles. The van der Waals surface area contributed by atoms with E-state index in [1.54, 1.807) is 9.80 Å².